The molecule has 2 aromatic carbocycles. The van der Waals surface area contributed by atoms with Crippen LogP contribution in [0.1, 0.15) is 36.5 Å². The standard InChI is InChI=1S/C23H25ClN2O3/c1-14(2)25-23(27)29-21-12-18-16(11-20(21)24)7-9-26(3)13-19(18)17-6-4-5-15-8-10-28-22(15)17/h4-6,8,10-12,14,19H,7,9,13H2,1-3H3,(H,25,27). The van der Waals surface area contributed by atoms with Crippen molar-refractivity contribution in [2.75, 3.05) is 20.1 Å². The summed E-state index contributed by atoms with van der Waals surface area (Å²) < 4.78 is 11.3. The van der Waals surface area contributed by atoms with Crippen LogP contribution in [0.2, 0.25) is 5.02 Å². The summed E-state index contributed by atoms with van der Waals surface area (Å²) in [5.74, 6) is 0.463. The molecule has 5 nitrogen and oxygen atoms in total. The fourth-order valence-corrected chi connectivity index (χ4v) is 4.19. The Bertz CT molecular complexity index is 1040. The average molecular weight is 413 g/mol. The molecule has 0 fully saturated rings. The Balaban J connectivity index is 1.79. The van der Waals surface area contributed by atoms with Gasteiger partial charge in [-0.2, -0.15) is 0 Å². The monoisotopic (exact) mass is 412 g/mol. The van der Waals surface area contributed by atoms with Gasteiger partial charge in [0.05, 0.1) is 11.3 Å². The summed E-state index contributed by atoms with van der Waals surface area (Å²) in [6, 6.07) is 12.0. The largest absolute Gasteiger partial charge is 0.464 e. The number of carbonyl (C=O) groups is 1. The number of halogens is 1. The van der Waals surface area contributed by atoms with Crippen LogP contribution in [0, 0.1) is 0 Å². The van der Waals surface area contributed by atoms with Gasteiger partial charge in [-0.3, -0.25) is 0 Å². The zero-order valence-electron chi connectivity index (χ0n) is 16.9. The van der Waals surface area contributed by atoms with Gasteiger partial charge in [0.15, 0.2) is 5.75 Å². The molecule has 1 aromatic heterocycles. The minimum atomic E-state index is -0.503. The number of amides is 1. The fourth-order valence-electron chi connectivity index (χ4n) is 3.96. The molecule has 0 saturated carbocycles. The van der Waals surface area contributed by atoms with E-state index in [9.17, 15) is 4.79 Å². The molecule has 2 heterocycles. The second kappa shape index (κ2) is 8.09. The molecule has 0 spiro atoms. The summed E-state index contributed by atoms with van der Waals surface area (Å²) in [4.78, 5) is 14.5. The molecule has 152 valence electrons. The van der Waals surface area contributed by atoms with Gasteiger partial charge in [0, 0.05) is 36.0 Å². The summed E-state index contributed by atoms with van der Waals surface area (Å²) in [5, 5.41) is 4.27. The van der Waals surface area contributed by atoms with Crippen LogP contribution in [-0.4, -0.2) is 37.2 Å². The summed E-state index contributed by atoms with van der Waals surface area (Å²) >= 11 is 6.47. The van der Waals surface area contributed by atoms with Gasteiger partial charge in [-0.15, -0.1) is 0 Å². The van der Waals surface area contributed by atoms with Crippen molar-refractivity contribution in [2.24, 2.45) is 0 Å². The number of para-hydroxylation sites is 1. The number of nitrogens with one attached hydrogen (secondary N) is 1. The third-order valence-electron chi connectivity index (χ3n) is 5.32. The Kier molecular flexibility index (Phi) is 5.52. The third kappa shape index (κ3) is 4.11. The number of likely N-dealkylation sites (N-methyl/N-ethyl adjacent to an activating group) is 1. The Morgan fingerprint density at radius 2 is 2.10 bits per heavy atom. The zero-order valence-corrected chi connectivity index (χ0v) is 17.6. The molecular weight excluding hydrogens is 388 g/mol. The predicted molar refractivity (Wildman–Crippen MR) is 115 cm³/mol. The topological polar surface area (TPSA) is 54.7 Å². The molecule has 3 aromatic rings. The third-order valence-corrected chi connectivity index (χ3v) is 5.62. The highest BCUT2D eigenvalue weighted by molar-refractivity contribution is 6.32. The number of furan rings is 1. The van der Waals surface area contributed by atoms with Crippen LogP contribution < -0.4 is 10.1 Å². The lowest BCUT2D eigenvalue weighted by Gasteiger charge is -2.23. The Hall–Kier alpha value is -2.50. The normalized spacial score (nSPS) is 17.2. The molecule has 1 amide bonds. The maximum absolute atomic E-state index is 12.1. The number of benzene rings is 2. The summed E-state index contributed by atoms with van der Waals surface area (Å²) in [5.41, 5.74) is 4.32. The maximum atomic E-state index is 12.1. The van der Waals surface area contributed by atoms with Gasteiger partial charge >= 0.3 is 6.09 Å². The first-order valence-electron chi connectivity index (χ1n) is 9.87. The lowest BCUT2D eigenvalue weighted by Crippen LogP contribution is -2.32. The number of fused-ring (bicyclic) bond motifs is 2. The smallest absolute Gasteiger partial charge is 0.412 e. The average Bonchev–Trinajstić information content (AvgIpc) is 3.08. The molecule has 1 atom stereocenters. The molecule has 1 N–H and O–H groups in total. The van der Waals surface area contributed by atoms with Crippen LogP contribution in [0.15, 0.2) is 47.1 Å². The molecule has 0 bridgehead atoms. The highest BCUT2D eigenvalue weighted by atomic mass is 35.5. The van der Waals surface area contributed by atoms with Gasteiger partial charge in [-0.1, -0.05) is 29.8 Å². The van der Waals surface area contributed by atoms with Crippen LogP contribution in [0.4, 0.5) is 4.79 Å². The van der Waals surface area contributed by atoms with E-state index in [4.69, 9.17) is 20.8 Å². The number of hydrogen-bond acceptors (Lipinski definition) is 4. The van der Waals surface area contributed by atoms with Crippen molar-refractivity contribution < 1.29 is 13.9 Å². The molecule has 1 aliphatic rings. The molecular formula is C23H25ClN2O3. The molecule has 1 aliphatic heterocycles. The minimum absolute atomic E-state index is 0.0138. The molecule has 4 rings (SSSR count). The van der Waals surface area contributed by atoms with E-state index in [2.05, 4.69) is 35.5 Å². The minimum Gasteiger partial charge on any atom is -0.464 e. The highest BCUT2D eigenvalue weighted by Gasteiger charge is 2.27. The molecule has 0 aliphatic carbocycles. The van der Waals surface area contributed by atoms with E-state index in [-0.39, 0.29) is 12.0 Å². The second-order valence-electron chi connectivity index (χ2n) is 7.92. The van der Waals surface area contributed by atoms with Crippen LogP contribution in [0.3, 0.4) is 0 Å². The number of rotatable bonds is 3. The van der Waals surface area contributed by atoms with Gasteiger partial charge < -0.3 is 19.4 Å². The first-order chi connectivity index (χ1) is 13.9. The Morgan fingerprint density at radius 3 is 2.90 bits per heavy atom. The maximum Gasteiger partial charge on any atom is 0.412 e. The summed E-state index contributed by atoms with van der Waals surface area (Å²) in [7, 11) is 2.12. The fraction of sp³-hybridized carbons (Fsp3) is 0.348. The Labute approximate surface area is 175 Å². The molecule has 29 heavy (non-hydrogen) atoms. The lowest BCUT2D eigenvalue weighted by atomic mass is 9.87. The first-order valence-corrected chi connectivity index (χ1v) is 10.3. The van der Waals surface area contributed by atoms with Crippen LogP contribution >= 0.6 is 11.6 Å². The molecule has 6 heteroatoms. The van der Waals surface area contributed by atoms with E-state index < -0.39 is 6.09 Å². The number of carbonyl (C=O) groups excluding carboxylic acids is 1. The quantitative estimate of drug-likeness (QED) is 0.642. The van der Waals surface area contributed by atoms with Crippen molar-refractivity contribution in [1.82, 2.24) is 10.2 Å². The number of hydrogen-bond donors (Lipinski definition) is 1. The van der Waals surface area contributed by atoms with E-state index in [0.29, 0.717) is 10.8 Å². The molecule has 0 saturated heterocycles. The highest BCUT2D eigenvalue weighted by Crippen LogP contribution is 2.39. The van der Waals surface area contributed by atoms with Crippen molar-refractivity contribution in [3.8, 4) is 5.75 Å². The first kappa shape index (κ1) is 19.8. The van der Waals surface area contributed by atoms with Crippen molar-refractivity contribution in [2.45, 2.75) is 32.2 Å². The van der Waals surface area contributed by atoms with E-state index in [0.717, 1.165) is 41.6 Å². The van der Waals surface area contributed by atoms with Crippen molar-refractivity contribution >= 4 is 28.7 Å². The van der Waals surface area contributed by atoms with E-state index in [1.165, 1.54) is 5.56 Å². The van der Waals surface area contributed by atoms with Crippen LogP contribution in [0.25, 0.3) is 11.0 Å². The van der Waals surface area contributed by atoms with Gasteiger partial charge in [-0.25, -0.2) is 4.79 Å². The Morgan fingerprint density at radius 1 is 1.28 bits per heavy atom. The molecule has 1 unspecified atom stereocenters. The van der Waals surface area contributed by atoms with Crippen molar-refractivity contribution in [1.29, 1.82) is 0 Å². The van der Waals surface area contributed by atoms with E-state index in [1.54, 1.807) is 6.26 Å². The number of ether oxygens (including phenoxy) is 1. The predicted octanol–water partition coefficient (Wildman–Crippen LogP) is 5.20. The number of nitrogens with zero attached hydrogens (tertiary/aromatic N) is 1. The SMILES string of the molecule is CC(C)NC(=O)Oc1cc2c(cc1Cl)CCN(C)CC2c1cccc2ccoc12. The molecule has 0 radical (unpaired) electrons. The van der Waals surface area contributed by atoms with Crippen LogP contribution in [0.5, 0.6) is 5.75 Å². The van der Waals surface area contributed by atoms with Crippen molar-refractivity contribution in [3.05, 3.63) is 64.4 Å². The van der Waals surface area contributed by atoms with Gasteiger partial charge in [0.2, 0.25) is 0 Å². The zero-order chi connectivity index (χ0) is 20.5. The van der Waals surface area contributed by atoms with Crippen molar-refractivity contribution in [3.63, 3.8) is 0 Å². The second-order valence-corrected chi connectivity index (χ2v) is 8.33. The van der Waals surface area contributed by atoms with Gasteiger partial charge in [0.25, 0.3) is 0 Å². The van der Waals surface area contributed by atoms with Crippen LogP contribution in [-0.2, 0) is 6.42 Å². The van der Waals surface area contributed by atoms with E-state index in [1.807, 2.05) is 32.0 Å². The van der Waals surface area contributed by atoms with Gasteiger partial charge in [0.1, 0.15) is 5.58 Å². The van der Waals surface area contributed by atoms with Gasteiger partial charge in [-0.05, 0) is 56.6 Å². The lowest BCUT2D eigenvalue weighted by molar-refractivity contribution is 0.197. The van der Waals surface area contributed by atoms with E-state index >= 15 is 0 Å². The summed E-state index contributed by atoms with van der Waals surface area (Å²) in [6.07, 6.45) is 2.11. The summed E-state index contributed by atoms with van der Waals surface area (Å²) in [6.45, 7) is 5.54.